The first-order valence-electron chi connectivity index (χ1n) is 7.67. The van der Waals surface area contributed by atoms with E-state index >= 15 is 0 Å². The molecule has 28 heavy (non-hydrogen) atoms. The number of hydrogen-bond donors (Lipinski definition) is 1. The van der Waals surface area contributed by atoms with Crippen LogP contribution in [0.25, 0.3) is 0 Å². The van der Waals surface area contributed by atoms with Crippen LogP contribution >= 0.6 is 23.2 Å². The van der Waals surface area contributed by atoms with Gasteiger partial charge in [-0.05, 0) is 18.6 Å². The van der Waals surface area contributed by atoms with Gasteiger partial charge < -0.3 is 10.1 Å². The van der Waals surface area contributed by atoms with Crippen molar-refractivity contribution in [3.63, 3.8) is 0 Å². The molecule has 0 atom stereocenters. The van der Waals surface area contributed by atoms with E-state index in [0.717, 1.165) is 18.3 Å². The third-order valence-corrected chi connectivity index (χ3v) is 3.91. The van der Waals surface area contributed by atoms with Crippen molar-refractivity contribution in [3.05, 3.63) is 61.7 Å². The van der Waals surface area contributed by atoms with Crippen molar-refractivity contribution in [1.82, 2.24) is 10.3 Å². The number of halogens is 5. The lowest BCUT2D eigenvalue weighted by Gasteiger charge is -2.13. The number of benzene rings is 1. The minimum atomic E-state index is -4.68. The SMILES string of the molecule is O=C(NCCCOc1ncc(Cl)cc1C(F)(F)F)c1cc([N+](=O)[O-])ccc1Cl. The Labute approximate surface area is 166 Å². The summed E-state index contributed by atoms with van der Waals surface area (Å²) in [5.74, 6) is -1.28. The summed E-state index contributed by atoms with van der Waals surface area (Å²) in [5, 5.41) is 13.1. The summed E-state index contributed by atoms with van der Waals surface area (Å²) in [6, 6.07) is 4.12. The highest BCUT2D eigenvalue weighted by molar-refractivity contribution is 6.34. The van der Waals surface area contributed by atoms with Crippen LogP contribution in [0.5, 0.6) is 5.88 Å². The Kier molecular flexibility index (Phi) is 7.03. The average Bonchev–Trinajstić information content (AvgIpc) is 2.61. The fourth-order valence-electron chi connectivity index (χ4n) is 2.08. The number of pyridine rings is 1. The number of nitro benzene ring substituents is 1. The molecule has 0 spiro atoms. The van der Waals surface area contributed by atoms with E-state index in [2.05, 4.69) is 10.3 Å². The fraction of sp³-hybridized carbons (Fsp3) is 0.250. The number of non-ortho nitro benzene ring substituents is 1. The highest BCUT2D eigenvalue weighted by Gasteiger charge is 2.35. The quantitative estimate of drug-likeness (QED) is 0.390. The predicted molar refractivity (Wildman–Crippen MR) is 94.8 cm³/mol. The lowest BCUT2D eigenvalue weighted by Crippen LogP contribution is -2.26. The van der Waals surface area contributed by atoms with Gasteiger partial charge in [0.05, 0.1) is 27.1 Å². The minimum absolute atomic E-state index is 0.0273. The van der Waals surface area contributed by atoms with E-state index in [1.165, 1.54) is 6.07 Å². The molecule has 1 heterocycles. The number of nitrogens with zero attached hydrogens (tertiary/aromatic N) is 2. The monoisotopic (exact) mass is 437 g/mol. The largest absolute Gasteiger partial charge is 0.477 e. The van der Waals surface area contributed by atoms with Crippen molar-refractivity contribution in [2.24, 2.45) is 0 Å². The number of nitro groups is 1. The second-order valence-electron chi connectivity index (χ2n) is 5.38. The normalized spacial score (nSPS) is 11.2. The molecule has 0 saturated carbocycles. The summed E-state index contributed by atoms with van der Waals surface area (Å²) in [6.45, 7) is -0.131. The van der Waals surface area contributed by atoms with Crippen molar-refractivity contribution in [2.45, 2.75) is 12.6 Å². The van der Waals surface area contributed by atoms with Gasteiger partial charge in [-0.25, -0.2) is 4.98 Å². The Bertz CT molecular complexity index is 894. The number of ether oxygens (including phenoxy) is 1. The number of hydrogen-bond acceptors (Lipinski definition) is 5. The van der Waals surface area contributed by atoms with Crippen LogP contribution in [-0.2, 0) is 6.18 Å². The highest BCUT2D eigenvalue weighted by Crippen LogP contribution is 2.36. The number of nitrogens with one attached hydrogen (secondary N) is 1. The zero-order valence-corrected chi connectivity index (χ0v) is 15.4. The standard InChI is InChI=1S/C16H12Cl2F3N3O4/c17-9-6-12(16(19,20)21)15(23-8-9)28-5-1-4-22-14(25)11-7-10(24(26)27)2-3-13(11)18/h2-3,6-8H,1,4-5H2,(H,22,25). The number of carbonyl (C=O) groups is 1. The number of rotatable bonds is 7. The van der Waals surface area contributed by atoms with Crippen LogP contribution in [0, 0.1) is 10.1 Å². The molecule has 1 aromatic carbocycles. The van der Waals surface area contributed by atoms with Crippen LogP contribution in [0.15, 0.2) is 30.5 Å². The van der Waals surface area contributed by atoms with Gasteiger partial charge in [0, 0.05) is 24.9 Å². The maximum Gasteiger partial charge on any atom is 0.421 e. The molecular formula is C16H12Cl2F3N3O4. The number of carbonyl (C=O) groups excluding carboxylic acids is 1. The molecule has 0 bridgehead atoms. The van der Waals surface area contributed by atoms with Gasteiger partial charge in [-0.15, -0.1) is 0 Å². The van der Waals surface area contributed by atoms with Crippen LogP contribution < -0.4 is 10.1 Å². The minimum Gasteiger partial charge on any atom is -0.477 e. The van der Waals surface area contributed by atoms with E-state index in [9.17, 15) is 28.1 Å². The van der Waals surface area contributed by atoms with E-state index < -0.39 is 28.5 Å². The molecule has 0 saturated heterocycles. The first-order valence-corrected chi connectivity index (χ1v) is 8.43. The number of aromatic nitrogens is 1. The lowest BCUT2D eigenvalue weighted by molar-refractivity contribution is -0.384. The molecule has 1 N–H and O–H groups in total. The maximum atomic E-state index is 12.9. The summed E-state index contributed by atoms with van der Waals surface area (Å²) in [5.41, 5.74) is -1.49. The fourth-order valence-corrected chi connectivity index (χ4v) is 2.45. The lowest BCUT2D eigenvalue weighted by atomic mass is 10.2. The molecule has 0 unspecified atom stereocenters. The molecule has 1 amide bonds. The molecule has 12 heteroatoms. The summed E-state index contributed by atoms with van der Waals surface area (Å²) in [4.78, 5) is 25.7. The van der Waals surface area contributed by atoms with Gasteiger partial charge in [0.25, 0.3) is 11.6 Å². The van der Waals surface area contributed by atoms with Crippen molar-refractivity contribution in [2.75, 3.05) is 13.2 Å². The molecule has 2 rings (SSSR count). The van der Waals surface area contributed by atoms with Crippen LogP contribution in [0.1, 0.15) is 22.3 Å². The van der Waals surface area contributed by atoms with Gasteiger partial charge in [-0.3, -0.25) is 14.9 Å². The number of alkyl halides is 3. The summed E-state index contributed by atoms with van der Waals surface area (Å²) < 4.78 is 43.8. The zero-order valence-electron chi connectivity index (χ0n) is 13.9. The summed E-state index contributed by atoms with van der Waals surface area (Å²) >= 11 is 11.4. The van der Waals surface area contributed by atoms with Crippen LogP contribution in [0.2, 0.25) is 10.0 Å². The van der Waals surface area contributed by atoms with Crippen molar-refractivity contribution in [1.29, 1.82) is 0 Å². The molecular weight excluding hydrogens is 426 g/mol. The zero-order chi connectivity index (χ0) is 20.9. The molecule has 1 aromatic heterocycles. The van der Waals surface area contributed by atoms with E-state index in [1.54, 1.807) is 0 Å². The van der Waals surface area contributed by atoms with Gasteiger partial charge in [0.2, 0.25) is 5.88 Å². The topological polar surface area (TPSA) is 94.4 Å². The molecule has 0 aliphatic rings. The second-order valence-corrected chi connectivity index (χ2v) is 6.23. The van der Waals surface area contributed by atoms with E-state index in [-0.39, 0.29) is 40.9 Å². The Morgan fingerprint density at radius 1 is 1.29 bits per heavy atom. The number of amides is 1. The van der Waals surface area contributed by atoms with Gasteiger partial charge >= 0.3 is 6.18 Å². The van der Waals surface area contributed by atoms with Crippen molar-refractivity contribution < 1.29 is 27.6 Å². The van der Waals surface area contributed by atoms with Crippen LogP contribution in [0.4, 0.5) is 18.9 Å². The van der Waals surface area contributed by atoms with E-state index in [4.69, 9.17) is 27.9 Å². The summed E-state index contributed by atoms with van der Waals surface area (Å²) in [6.07, 6.45) is -3.50. The molecule has 7 nitrogen and oxygen atoms in total. The maximum absolute atomic E-state index is 12.9. The van der Waals surface area contributed by atoms with Gasteiger partial charge in [-0.1, -0.05) is 23.2 Å². The molecule has 0 fully saturated rings. The van der Waals surface area contributed by atoms with Crippen LogP contribution in [0.3, 0.4) is 0 Å². The van der Waals surface area contributed by atoms with Crippen molar-refractivity contribution in [3.8, 4) is 5.88 Å². The first-order chi connectivity index (χ1) is 13.1. The predicted octanol–water partition coefficient (Wildman–Crippen LogP) is 4.51. The Hall–Kier alpha value is -2.59. The third-order valence-electron chi connectivity index (χ3n) is 3.37. The van der Waals surface area contributed by atoms with Gasteiger partial charge in [0.15, 0.2) is 0 Å². The molecule has 0 aliphatic carbocycles. The van der Waals surface area contributed by atoms with Gasteiger partial charge in [0.1, 0.15) is 5.56 Å². The van der Waals surface area contributed by atoms with Gasteiger partial charge in [-0.2, -0.15) is 13.2 Å². The second kappa shape index (κ2) is 9.07. The third kappa shape index (κ3) is 5.70. The smallest absolute Gasteiger partial charge is 0.421 e. The average molecular weight is 438 g/mol. The van der Waals surface area contributed by atoms with E-state index in [1.807, 2.05) is 0 Å². The Morgan fingerprint density at radius 3 is 2.64 bits per heavy atom. The molecule has 2 aromatic rings. The molecule has 150 valence electrons. The molecule has 0 aliphatic heterocycles. The van der Waals surface area contributed by atoms with E-state index in [0.29, 0.717) is 6.07 Å². The Morgan fingerprint density at radius 2 is 2.00 bits per heavy atom. The first kappa shape index (κ1) is 21.7. The van der Waals surface area contributed by atoms with Crippen molar-refractivity contribution >= 4 is 34.8 Å². The Balaban J connectivity index is 1.90. The van der Waals surface area contributed by atoms with Crippen LogP contribution in [-0.4, -0.2) is 29.0 Å². The summed E-state index contributed by atoms with van der Waals surface area (Å²) in [7, 11) is 0. The molecule has 0 radical (unpaired) electrons. The highest BCUT2D eigenvalue weighted by atomic mass is 35.5.